The number of carbonyl (C=O) groups excluding carboxylic acids is 1. The molecule has 1 aliphatic rings. The van der Waals surface area contributed by atoms with Crippen molar-refractivity contribution in [1.82, 2.24) is 10.2 Å². The summed E-state index contributed by atoms with van der Waals surface area (Å²) in [5.74, 6) is 0.666. The molecule has 88 valence electrons. The zero-order chi connectivity index (χ0) is 11.1. The van der Waals surface area contributed by atoms with E-state index in [1.165, 1.54) is 19.4 Å². The van der Waals surface area contributed by atoms with Crippen LogP contribution in [0, 0.1) is 5.92 Å². The Bertz CT molecular complexity index is 197. The number of nitrogens with zero attached hydrogens (tertiary/aromatic N) is 1. The number of hydrogen-bond acceptors (Lipinski definition) is 3. The van der Waals surface area contributed by atoms with Gasteiger partial charge >= 0.3 is 0 Å². The van der Waals surface area contributed by atoms with Crippen molar-refractivity contribution >= 4 is 5.91 Å². The van der Waals surface area contributed by atoms with Gasteiger partial charge in [0.1, 0.15) is 0 Å². The maximum absolute atomic E-state index is 11.3. The Kier molecular flexibility index (Phi) is 5.65. The lowest BCUT2D eigenvalue weighted by Gasteiger charge is -2.29. The molecule has 0 aliphatic carbocycles. The number of carbonyl (C=O) groups is 1. The van der Waals surface area contributed by atoms with E-state index in [9.17, 15) is 4.79 Å². The second-order valence-electron chi connectivity index (χ2n) is 4.40. The van der Waals surface area contributed by atoms with Crippen molar-refractivity contribution in [2.24, 2.45) is 5.92 Å². The third-order valence-corrected chi connectivity index (χ3v) is 2.87. The third kappa shape index (κ3) is 5.14. The lowest BCUT2D eigenvalue weighted by Crippen LogP contribution is -2.39. The van der Waals surface area contributed by atoms with E-state index in [-0.39, 0.29) is 12.5 Å². The maximum atomic E-state index is 11.3. The highest BCUT2D eigenvalue weighted by Crippen LogP contribution is 2.13. The summed E-state index contributed by atoms with van der Waals surface area (Å²) in [6, 6.07) is 0. The molecule has 1 rings (SSSR count). The number of likely N-dealkylation sites (tertiary alicyclic amines) is 1. The molecule has 4 nitrogen and oxygen atoms in total. The van der Waals surface area contributed by atoms with Crippen LogP contribution in [0.15, 0.2) is 0 Å². The van der Waals surface area contributed by atoms with E-state index in [0.717, 1.165) is 13.1 Å². The summed E-state index contributed by atoms with van der Waals surface area (Å²) >= 11 is 0. The summed E-state index contributed by atoms with van der Waals surface area (Å²) in [4.78, 5) is 13.6. The first-order valence-corrected chi connectivity index (χ1v) is 5.78. The Morgan fingerprint density at radius 3 is 3.07 bits per heavy atom. The van der Waals surface area contributed by atoms with Gasteiger partial charge in [-0.25, -0.2) is 0 Å². The second-order valence-corrected chi connectivity index (χ2v) is 4.40. The number of aliphatic hydroxyl groups excluding tert-OH is 1. The van der Waals surface area contributed by atoms with Crippen LogP contribution < -0.4 is 5.32 Å². The molecule has 15 heavy (non-hydrogen) atoms. The maximum Gasteiger partial charge on any atom is 0.220 e. The minimum atomic E-state index is 0.0669. The molecule has 2 N–H and O–H groups in total. The number of piperidine rings is 1. The van der Waals surface area contributed by atoms with Crippen molar-refractivity contribution in [3.05, 3.63) is 0 Å². The van der Waals surface area contributed by atoms with Gasteiger partial charge in [-0.15, -0.1) is 0 Å². The predicted octanol–water partition coefficient (Wildman–Crippen LogP) is 0.217. The normalized spacial score (nSPS) is 22.7. The molecular weight excluding hydrogens is 192 g/mol. The van der Waals surface area contributed by atoms with Crippen LogP contribution in [0.2, 0.25) is 0 Å². The molecule has 1 heterocycles. The first kappa shape index (κ1) is 12.5. The highest BCUT2D eigenvalue weighted by atomic mass is 16.3. The molecule has 0 saturated carbocycles. The van der Waals surface area contributed by atoms with Crippen molar-refractivity contribution in [2.75, 3.05) is 33.3 Å². The first-order valence-electron chi connectivity index (χ1n) is 5.78. The van der Waals surface area contributed by atoms with E-state index in [1.807, 2.05) is 0 Å². The Labute approximate surface area is 91.6 Å². The van der Waals surface area contributed by atoms with Gasteiger partial charge in [0.25, 0.3) is 0 Å². The van der Waals surface area contributed by atoms with Crippen molar-refractivity contribution in [3.8, 4) is 0 Å². The van der Waals surface area contributed by atoms with Gasteiger partial charge in [-0.05, 0) is 38.8 Å². The van der Waals surface area contributed by atoms with Gasteiger partial charge in [0, 0.05) is 26.1 Å². The lowest BCUT2D eigenvalue weighted by molar-refractivity contribution is -0.121. The Morgan fingerprint density at radius 1 is 1.60 bits per heavy atom. The van der Waals surface area contributed by atoms with Crippen LogP contribution in [0.4, 0.5) is 0 Å². The van der Waals surface area contributed by atoms with E-state index in [2.05, 4.69) is 17.3 Å². The largest absolute Gasteiger partial charge is 0.396 e. The monoisotopic (exact) mass is 214 g/mol. The Balaban J connectivity index is 2.10. The molecular formula is C11H22N2O2. The summed E-state index contributed by atoms with van der Waals surface area (Å²) in [6.45, 7) is 3.14. The average molecular weight is 214 g/mol. The average Bonchev–Trinajstić information content (AvgIpc) is 2.23. The fourth-order valence-corrected chi connectivity index (χ4v) is 2.03. The molecule has 1 fully saturated rings. The second kappa shape index (κ2) is 6.80. The van der Waals surface area contributed by atoms with Crippen molar-refractivity contribution in [1.29, 1.82) is 0 Å². The number of rotatable bonds is 5. The number of nitrogens with one attached hydrogen (secondary N) is 1. The Morgan fingerprint density at radius 2 is 2.40 bits per heavy atom. The summed E-state index contributed by atoms with van der Waals surface area (Å²) in [5.41, 5.74) is 0. The van der Waals surface area contributed by atoms with Gasteiger partial charge in [0.2, 0.25) is 5.91 Å². The molecule has 1 aliphatic heterocycles. The number of aliphatic hydroxyl groups is 1. The van der Waals surface area contributed by atoms with Gasteiger partial charge in [0.15, 0.2) is 0 Å². The fourth-order valence-electron chi connectivity index (χ4n) is 2.03. The standard InChI is InChI=1S/C11H22N2O2/c1-13-6-2-4-10(9-13)8-12-11(15)5-3-7-14/h10,14H,2-9H2,1H3,(H,12,15). The van der Waals surface area contributed by atoms with E-state index in [1.54, 1.807) is 0 Å². The van der Waals surface area contributed by atoms with Crippen LogP contribution in [-0.4, -0.2) is 49.2 Å². The lowest BCUT2D eigenvalue weighted by atomic mass is 9.98. The van der Waals surface area contributed by atoms with Crippen molar-refractivity contribution < 1.29 is 9.90 Å². The molecule has 1 atom stereocenters. The molecule has 0 spiro atoms. The van der Waals surface area contributed by atoms with Gasteiger partial charge in [-0.1, -0.05) is 0 Å². The van der Waals surface area contributed by atoms with Crippen molar-refractivity contribution in [3.63, 3.8) is 0 Å². The summed E-state index contributed by atoms with van der Waals surface area (Å²) in [5, 5.41) is 11.5. The number of hydrogen-bond donors (Lipinski definition) is 2. The SMILES string of the molecule is CN1CCCC(CNC(=O)CCCO)C1. The van der Waals surface area contributed by atoms with Crippen LogP contribution in [0.5, 0.6) is 0 Å². The van der Waals surface area contributed by atoms with Gasteiger partial charge in [-0.2, -0.15) is 0 Å². The van der Waals surface area contributed by atoms with Crippen molar-refractivity contribution in [2.45, 2.75) is 25.7 Å². The summed E-state index contributed by atoms with van der Waals surface area (Å²) < 4.78 is 0. The third-order valence-electron chi connectivity index (χ3n) is 2.87. The molecule has 4 heteroatoms. The van der Waals surface area contributed by atoms with E-state index in [0.29, 0.717) is 18.8 Å². The van der Waals surface area contributed by atoms with Crippen LogP contribution in [0.3, 0.4) is 0 Å². The molecule has 0 aromatic heterocycles. The highest BCUT2D eigenvalue weighted by Gasteiger charge is 2.17. The molecule has 1 saturated heterocycles. The van der Waals surface area contributed by atoms with E-state index < -0.39 is 0 Å². The molecule has 0 radical (unpaired) electrons. The molecule has 1 amide bonds. The summed E-state index contributed by atoms with van der Waals surface area (Å²) in [6.07, 6.45) is 3.45. The van der Waals surface area contributed by atoms with E-state index >= 15 is 0 Å². The number of amides is 1. The zero-order valence-corrected chi connectivity index (χ0v) is 9.54. The zero-order valence-electron chi connectivity index (χ0n) is 9.54. The highest BCUT2D eigenvalue weighted by molar-refractivity contribution is 5.75. The van der Waals surface area contributed by atoms with Gasteiger partial charge in [-0.3, -0.25) is 4.79 Å². The molecule has 0 aromatic rings. The predicted molar refractivity (Wildman–Crippen MR) is 59.6 cm³/mol. The topological polar surface area (TPSA) is 52.6 Å². The molecule has 1 unspecified atom stereocenters. The molecule has 0 aromatic carbocycles. The van der Waals surface area contributed by atoms with Crippen LogP contribution in [-0.2, 0) is 4.79 Å². The molecule has 0 bridgehead atoms. The van der Waals surface area contributed by atoms with Gasteiger partial charge in [0.05, 0.1) is 0 Å². The van der Waals surface area contributed by atoms with Crippen LogP contribution in [0.25, 0.3) is 0 Å². The van der Waals surface area contributed by atoms with Gasteiger partial charge < -0.3 is 15.3 Å². The van der Waals surface area contributed by atoms with Crippen LogP contribution in [0.1, 0.15) is 25.7 Å². The smallest absolute Gasteiger partial charge is 0.220 e. The minimum absolute atomic E-state index is 0.0669. The quantitative estimate of drug-likeness (QED) is 0.688. The summed E-state index contributed by atoms with van der Waals surface area (Å²) in [7, 11) is 2.12. The Hall–Kier alpha value is -0.610. The van der Waals surface area contributed by atoms with Crippen LogP contribution >= 0.6 is 0 Å². The first-order chi connectivity index (χ1) is 7.22. The fraction of sp³-hybridized carbons (Fsp3) is 0.909. The van der Waals surface area contributed by atoms with E-state index in [4.69, 9.17) is 5.11 Å². The minimum Gasteiger partial charge on any atom is -0.396 e.